The van der Waals surface area contributed by atoms with Crippen molar-refractivity contribution in [1.29, 1.82) is 0 Å². The van der Waals surface area contributed by atoms with E-state index in [0.717, 1.165) is 24.8 Å². The van der Waals surface area contributed by atoms with Gasteiger partial charge in [-0.15, -0.1) is 24.0 Å². The SMILES string of the molecule is CCOP(=O)(Cc1ccc(Br)c[nH+]1)OCC.Cl.ClCc1ccc(Br)cn1.OCc1ccc(Br)cn1. The van der Waals surface area contributed by atoms with Crippen LogP contribution >= 0.6 is 79.4 Å². The predicted molar refractivity (Wildman–Crippen MR) is 152 cm³/mol. The molecule has 35 heavy (non-hydrogen) atoms. The minimum atomic E-state index is -3.00. The summed E-state index contributed by atoms with van der Waals surface area (Å²) < 4.78 is 25.5. The fraction of sp³-hybridized carbons (Fsp3) is 0.318. The van der Waals surface area contributed by atoms with Crippen molar-refractivity contribution in [3.8, 4) is 0 Å². The number of H-pyrrole nitrogens is 1. The van der Waals surface area contributed by atoms with E-state index in [9.17, 15) is 4.57 Å². The molecular weight excluding hydrogens is 712 g/mol. The molecule has 3 aromatic rings. The van der Waals surface area contributed by atoms with Gasteiger partial charge in [-0.2, -0.15) is 0 Å². The molecule has 3 rings (SSSR count). The van der Waals surface area contributed by atoms with E-state index in [0.29, 0.717) is 24.8 Å². The standard InChI is InChI=1S/C10H15BrNO3P.C6H5BrClN.C6H6BrNO.ClH/c1-3-14-16(13,15-4-2)8-10-6-5-9(11)7-12-10;7-5-1-2-6(3-8)9-4-5;7-5-1-2-6(4-9)8-3-5;/h5-7H,3-4,8H2,1-2H3;1-2,4H,3H2;1-3,9H,4H2;1H/p+1. The summed E-state index contributed by atoms with van der Waals surface area (Å²) >= 11 is 15.3. The summed E-state index contributed by atoms with van der Waals surface area (Å²) in [4.78, 5) is 10.9. The van der Waals surface area contributed by atoms with Crippen molar-refractivity contribution in [2.24, 2.45) is 0 Å². The average molecular weight is 740 g/mol. The van der Waals surface area contributed by atoms with E-state index >= 15 is 0 Å². The minimum Gasteiger partial charge on any atom is -0.390 e. The largest absolute Gasteiger partial charge is 0.390 e. The highest BCUT2D eigenvalue weighted by molar-refractivity contribution is 9.11. The molecule has 0 radical (unpaired) electrons. The second-order valence-corrected chi connectivity index (χ2v) is 11.4. The van der Waals surface area contributed by atoms with Crippen molar-refractivity contribution in [1.82, 2.24) is 9.97 Å². The Morgan fingerprint density at radius 1 is 0.914 bits per heavy atom. The predicted octanol–water partition coefficient (Wildman–Crippen LogP) is 7.37. The lowest BCUT2D eigenvalue weighted by atomic mass is 10.4. The van der Waals surface area contributed by atoms with Crippen molar-refractivity contribution in [2.75, 3.05) is 13.2 Å². The molecule has 0 unspecified atom stereocenters. The van der Waals surface area contributed by atoms with Gasteiger partial charge in [0.15, 0.2) is 11.9 Å². The summed E-state index contributed by atoms with van der Waals surface area (Å²) in [6, 6.07) is 11.2. The molecule has 13 heteroatoms. The molecular formula is C22H28Br3Cl2N3O4P+. The third-order valence-electron chi connectivity index (χ3n) is 3.73. The Morgan fingerprint density at radius 2 is 1.43 bits per heavy atom. The Bertz CT molecular complexity index is 947. The second-order valence-electron chi connectivity index (χ2n) is 6.36. The molecule has 0 aromatic carbocycles. The molecule has 0 spiro atoms. The van der Waals surface area contributed by atoms with Gasteiger partial charge in [0.1, 0.15) is 6.16 Å². The lowest BCUT2D eigenvalue weighted by Gasteiger charge is -2.14. The number of halogens is 5. The molecule has 2 N–H and O–H groups in total. The molecule has 3 aromatic heterocycles. The van der Waals surface area contributed by atoms with Gasteiger partial charge in [-0.1, -0.05) is 0 Å². The average Bonchev–Trinajstić information content (AvgIpc) is 2.83. The van der Waals surface area contributed by atoms with Gasteiger partial charge in [0.05, 0.1) is 41.6 Å². The number of alkyl halides is 1. The Morgan fingerprint density at radius 3 is 1.80 bits per heavy atom. The molecule has 0 saturated heterocycles. The van der Waals surface area contributed by atoms with Crippen LogP contribution in [0.2, 0.25) is 0 Å². The van der Waals surface area contributed by atoms with Gasteiger partial charge in [0.2, 0.25) is 0 Å². The van der Waals surface area contributed by atoms with E-state index in [1.165, 1.54) is 0 Å². The summed E-state index contributed by atoms with van der Waals surface area (Å²) in [5.74, 6) is 0.479. The number of rotatable bonds is 8. The first-order valence-electron chi connectivity index (χ1n) is 10.2. The maximum atomic E-state index is 12.2. The van der Waals surface area contributed by atoms with Crippen LogP contribution in [0.5, 0.6) is 0 Å². The van der Waals surface area contributed by atoms with E-state index in [4.69, 9.17) is 25.8 Å². The third-order valence-corrected chi connectivity index (χ3v) is 7.47. The first kappa shape index (κ1) is 34.6. The highest BCUT2D eigenvalue weighted by atomic mass is 79.9. The van der Waals surface area contributed by atoms with E-state index in [2.05, 4.69) is 62.7 Å². The fourth-order valence-corrected chi connectivity index (χ4v) is 4.78. The van der Waals surface area contributed by atoms with Gasteiger partial charge in [-0.3, -0.25) is 14.5 Å². The third kappa shape index (κ3) is 15.4. The Kier molecular flexibility index (Phi) is 19.4. The summed E-state index contributed by atoms with van der Waals surface area (Å²) in [7, 11) is -3.00. The van der Waals surface area contributed by atoms with E-state index in [-0.39, 0.29) is 25.2 Å². The number of pyridine rings is 3. The van der Waals surface area contributed by atoms with Gasteiger partial charge < -0.3 is 14.2 Å². The summed E-state index contributed by atoms with van der Waals surface area (Å²) in [5.41, 5.74) is 2.42. The van der Waals surface area contributed by atoms with Crippen LogP contribution in [0.25, 0.3) is 0 Å². The molecule has 0 atom stereocenters. The number of aliphatic hydroxyl groups excluding tert-OH is 1. The lowest BCUT2D eigenvalue weighted by molar-refractivity contribution is -0.389. The number of aliphatic hydroxyl groups is 1. The Labute approximate surface area is 242 Å². The summed E-state index contributed by atoms with van der Waals surface area (Å²) in [6.45, 7) is 4.38. The van der Waals surface area contributed by atoms with Gasteiger partial charge in [0, 0.05) is 27.4 Å². The van der Waals surface area contributed by atoms with Crippen LogP contribution in [-0.2, 0) is 32.3 Å². The highest BCUT2D eigenvalue weighted by Gasteiger charge is 2.27. The molecule has 0 bridgehead atoms. The van der Waals surface area contributed by atoms with E-state index in [1.807, 2.05) is 30.3 Å². The lowest BCUT2D eigenvalue weighted by Crippen LogP contribution is -2.11. The maximum Gasteiger partial charge on any atom is 0.341 e. The molecule has 0 aliphatic carbocycles. The normalized spacial score (nSPS) is 10.3. The van der Waals surface area contributed by atoms with Crippen molar-refractivity contribution in [3.05, 3.63) is 85.5 Å². The molecule has 0 aliphatic rings. The zero-order valence-electron chi connectivity index (χ0n) is 19.2. The quantitative estimate of drug-likeness (QED) is 0.192. The van der Waals surface area contributed by atoms with Crippen LogP contribution in [0.15, 0.2) is 68.4 Å². The number of hydrogen-bond acceptors (Lipinski definition) is 6. The van der Waals surface area contributed by atoms with Crippen LogP contribution in [0.1, 0.15) is 30.9 Å². The van der Waals surface area contributed by atoms with Gasteiger partial charge in [0.25, 0.3) is 0 Å². The molecule has 0 saturated carbocycles. The minimum absolute atomic E-state index is 0. The van der Waals surface area contributed by atoms with Crippen LogP contribution in [0.4, 0.5) is 0 Å². The molecule has 194 valence electrons. The van der Waals surface area contributed by atoms with E-state index < -0.39 is 7.60 Å². The number of aromatic amines is 1. The zero-order valence-corrected chi connectivity index (χ0v) is 26.4. The van der Waals surface area contributed by atoms with Gasteiger partial charge in [-0.25, -0.2) is 4.98 Å². The maximum absolute atomic E-state index is 12.2. The molecule has 3 heterocycles. The number of hydrogen-bond donors (Lipinski definition) is 1. The molecule has 7 nitrogen and oxygen atoms in total. The summed E-state index contributed by atoms with van der Waals surface area (Å²) in [6.07, 6.45) is 5.45. The Balaban J connectivity index is 0.000000522. The van der Waals surface area contributed by atoms with Crippen molar-refractivity contribution < 1.29 is 23.7 Å². The Hall–Kier alpha value is -0.420. The molecule has 0 fully saturated rings. The first-order chi connectivity index (χ1) is 16.2. The fourth-order valence-electron chi connectivity index (χ4n) is 2.25. The van der Waals surface area contributed by atoms with Gasteiger partial charge in [-0.05, 0) is 92.0 Å². The van der Waals surface area contributed by atoms with E-state index in [1.54, 1.807) is 38.5 Å². The topological polar surface area (TPSA) is 95.7 Å². The van der Waals surface area contributed by atoms with Crippen LogP contribution in [0.3, 0.4) is 0 Å². The number of nitrogens with one attached hydrogen (secondary N) is 1. The van der Waals surface area contributed by atoms with Crippen molar-refractivity contribution >= 4 is 79.4 Å². The second kappa shape index (κ2) is 19.7. The zero-order chi connectivity index (χ0) is 25.4. The van der Waals surface area contributed by atoms with Crippen molar-refractivity contribution in [3.63, 3.8) is 0 Å². The van der Waals surface area contributed by atoms with Crippen molar-refractivity contribution in [2.45, 2.75) is 32.5 Å². The van der Waals surface area contributed by atoms with Crippen LogP contribution in [-0.4, -0.2) is 28.3 Å². The van der Waals surface area contributed by atoms with Crippen LogP contribution < -0.4 is 4.98 Å². The number of aromatic nitrogens is 3. The summed E-state index contributed by atoms with van der Waals surface area (Å²) in [5, 5.41) is 8.55. The monoisotopic (exact) mass is 736 g/mol. The highest BCUT2D eigenvalue weighted by Crippen LogP contribution is 2.50. The van der Waals surface area contributed by atoms with Crippen LogP contribution in [0, 0.1) is 0 Å². The smallest absolute Gasteiger partial charge is 0.341 e. The first-order valence-corrected chi connectivity index (χ1v) is 14.8. The molecule has 0 aliphatic heterocycles. The number of nitrogens with zero attached hydrogens (tertiary/aromatic N) is 2. The van der Waals surface area contributed by atoms with Gasteiger partial charge >= 0.3 is 7.60 Å². The molecule has 0 amide bonds.